The summed E-state index contributed by atoms with van der Waals surface area (Å²) in [5, 5.41) is 3.20. The van der Waals surface area contributed by atoms with E-state index in [0.29, 0.717) is 28.2 Å². The van der Waals surface area contributed by atoms with E-state index in [0.717, 1.165) is 11.1 Å². The van der Waals surface area contributed by atoms with Gasteiger partial charge in [0.25, 0.3) is 5.56 Å². The average molecular weight is 357 g/mol. The predicted octanol–water partition coefficient (Wildman–Crippen LogP) is 2.24. The third-order valence-electron chi connectivity index (χ3n) is 5.27. The summed E-state index contributed by atoms with van der Waals surface area (Å²) in [6, 6.07) is 16.8. The van der Waals surface area contributed by atoms with E-state index in [1.165, 1.54) is 4.57 Å². The van der Waals surface area contributed by atoms with Crippen LogP contribution in [-0.2, 0) is 7.05 Å². The monoisotopic (exact) mass is 357 g/mol. The zero-order valence-electron chi connectivity index (χ0n) is 14.4. The molecule has 1 aliphatic heterocycles. The van der Waals surface area contributed by atoms with Crippen LogP contribution in [0.1, 0.15) is 33.0 Å². The molecule has 0 saturated heterocycles. The Balaban J connectivity index is 1.88. The summed E-state index contributed by atoms with van der Waals surface area (Å²) in [5.74, 6) is -0.227. The van der Waals surface area contributed by atoms with Crippen LogP contribution in [0.2, 0.25) is 0 Å². The van der Waals surface area contributed by atoms with Crippen molar-refractivity contribution in [3.8, 4) is 0 Å². The Morgan fingerprint density at radius 2 is 1.56 bits per heavy atom. The summed E-state index contributed by atoms with van der Waals surface area (Å²) in [4.78, 5) is 40.5. The fourth-order valence-corrected chi connectivity index (χ4v) is 4.01. The third-order valence-corrected chi connectivity index (χ3v) is 5.27. The second-order valence-electron chi connectivity index (χ2n) is 6.71. The zero-order valence-corrected chi connectivity index (χ0v) is 14.4. The molecular formula is C21H15N3O3. The minimum atomic E-state index is -0.548. The van der Waals surface area contributed by atoms with Crippen LogP contribution in [0.25, 0.3) is 5.70 Å². The lowest BCUT2D eigenvalue weighted by atomic mass is 9.81. The van der Waals surface area contributed by atoms with Crippen LogP contribution in [0.15, 0.2) is 69.8 Å². The number of nitrogens with one attached hydrogen (secondary N) is 2. The molecule has 2 aliphatic rings. The normalized spacial score (nSPS) is 17.2. The second-order valence-corrected chi connectivity index (χ2v) is 6.71. The van der Waals surface area contributed by atoms with Crippen molar-refractivity contribution in [3.05, 3.63) is 103 Å². The number of nitrogens with zero attached hydrogens (tertiary/aromatic N) is 1. The number of H-pyrrole nitrogens is 1. The van der Waals surface area contributed by atoms with Crippen molar-refractivity contribution in [1.82, 2.24) is 9.55 Å². The predicted molar refractivity (Wildman–Crippen MR) is 102 cm³/mol. The van der Waals surface area contributed by atoms with Gasteiger partial charge in [0.05, 0.1) is 11.3 Å². The lowest BCUT2D eigenvalue weighted by Gasteiger charge is -2.28. The maximum absolute atomic E-state index is 13.2. The van der Waals surface area contributed by atoms with Crippen molar-refractivity contribution in [3.63, 3.8) is 0 Å². The van der Waals surface area contributed by atoms with Gasteiger partial charge < -0.3 is 5.32 Å². The number of hydrogen-bond acceptors (Lipinski definition) is 4. The molecule has 0 bridgehead atoms. The maximum Gasteiger partial charge on any atom is 0.329 e. The number of aromatic amines is 1. The lowest BCUT2D eigenvalue weighted by molar-refractivity contribution is 0.103. The number of rotatable bonds is 1. The van der Waals surface area contributed by atoms with Crippen molar-refractivity contribution < 1.29 is 4.79 Å². The molecule has 2 heterocycles. The van der Waals surface area contributed by atoms with Crippen molar-refractivity contribution in [1.29, 1.82) is 0 Å². The van der Waals surface area contributed by atoms with Crippen molar-refractivity contribution >= 4 is 17.3 Å². The number of Topliss-reactive ketones (excluding diaryl/α,β-unsaturated/α-hetero) is 1. The molecule has 132 valence electrons. The summed E-state index contributed by atoms with van der Waals surface area (Å²) in [6.07, 6.45) is 0. The Kier molecular flexibility index (Phi) is 3.12. The largest absolute Gasteiger partial charge is 0.340 e. The van der Waals surface area contributed by atoms with Crippen molar-refractivity contribution in [2.45, 2.75) is 5.92 Å². The molecule has 1 aliphatic carbocycles. The van der Waals surface area contributed by atoms with Gasteiger partial charge in [0, 0.05) is 29.7 Å². The van der Waals surface area contributed by atoms with E-state index in [1.807, 2.05) is 48.5 Å². The van der Waals surface area contributed by atoms with Crippen molar-refractivity contribution in [2.75, 3.05) is 5.32 Å². The lowest BCUT2D eigenvalue weighted by Crippen LogP contribution is -2.37. The first-order valence-corrected chi connectivity index (χ1v) is 8.61. The molecule has 3 aromatic rings. The smallest absolute Gasteiger partial charge is 0.329 e. The molecule has 0 fully saturated rings. The van der Waals surface area contributed by atoms with E-state index in [1.54, 1.807) is 13.1 Å². The van der Waals surface area contributed by atoms with Crippen LogP contribution in [0.4, 0.5) is 5.82 Å². The summed E-state index contributed by atoms with van der Waals surface area (Å²) in [7, 11) is 1.60. The first kappa shape index (κ1) is 15.6. The van der Waals surface area contributed by atoms with Crippen LogP contribution in [0, 0.1) is 0 Å². The number of anilines is 1. The molecule has 1 atom stereocenters. The number of benzene rings is 2. The molecule has 6 heteroatoms. The van der Waals surface area contributed by atoms with Gasteiger partial charge in [-0.15, -0.1) is 0 Å². The molecule has 0 unspecified atom stereocenters. The molecule has 5 rings (SSSR count). The Morgan fingerprint density at radius 3 is 2.30 bits per heavy atom. The number of allylic oxidation sites excluding steroid dienone is 1. The molecule has 27 heavy (non-hydrogen) atoms. The number of aromatic nitrogens is 2. The SMILES string of the molecule is Cn1c2c(c(=O)[nH]c1=O)[C@H](c1ccccc1)C1=C(N2)c2ccccc2C1=O. The second kappa shape index (κ2) is 5.41. The number of hydrogen-bond donors (Lipinski definition) is 2. The highest BCUT2D eigenvalue weighted by atomic mass is 16.2. The van der Waals surface area contributed by atoms with Gasteiger partial charge in [0.1, 0.15) is 5.82 Å². The summed E-state index contributed by atoms with van der Waals surface area (Å²) >= 11 is 0. The maximum atomic E-state index is 13.2. The van der Waals surface area contributed by atoms with Gasteiger partial charge in [0.15, 0.2) is 5.78 Å². The topological polar surface area (TPSA) is 84.0 Å². The standard InChI is InChI=1S/C21H15N3O3/c1-24-19-16(20(26)23-21(24)27)14(11-7-3-2-4-8-11)15-17(22-19)12-9-5-6-10-13(12)18(15)25/h2-10,14,22H,1H3,(H,23,26,27)/t14-/m1/s1. The molecule has 0 spiro atoms. The van der Waals surface area contributed by atoms with Crippen LogP contribution in [0.5, 0.6) is 0 Å². The Morgan fingerprint density at radius 1 is 0.889 bits per heavy atom. The first-order valence-electron chi connectivity index (χ1n) is 8.61. The van der Waals surface area contributed by atoms with Gasteiger partial charge in [-0.2, -0.15) is 0 Å². The molecule has 1 aromatic heterocycles. The van der Waals surface area contributed by atoms with Gasteiger partial charge >= 0.3 is 5.69 Å². The van der Waals surface area contributed by atoms with E-state index in [9.17, 15) is 14.4 Å². The Labute approximate surface area is 153 Å². The van der Waals surface area contributed by atoms with E-state index in [2.05, 4.69) is 10.3 Å². The van der Waals surface area contributed by atoms with Gasteiger partial charge in [-0.25, -0.2) is 4.79 Å². The summed E-state index contributed by atoms with van der Waals surface area (Å²) < 4.78 is 1.38. The molecule has 6 nitrogen and oxygen atoms in total. The number of carbonyl (C=O) groups is 1. The van der Waals surface area contributed by atoms with Crippen LogP contribution in [-0.4, -0.2) is 15.3 Å². The first-order chi connectivity index (χ1) is 13.1. The van der Waals surface area contributed by atoms with Crippen LogP contribution >= 0.6 is 0 Å². The van der Waals surface area contributed by atoms with Crippen LogP contribution < -0.4 is 16.6 Å². The highest BCUT2D eigenvalue weighted by Gasteiger charge is 2.42. The van der Waals surface area contributed by atoms with Gasteiger partial charge in [-0.3, -0.25) is 19.1 Å². The quantitative estimate of drug-likeness (QED) is 0.700. The van der Waals surface area contributed by atoms with E-state index < -0.39 is 17.2 Å². The molecule has 0 amide bonds. The summed E-state index contributed by atoms with van der Waals surface area (Å²) in [5.41, 5.74) is 2.82. The number of fused-ring (bicyclic) bond motifs is 3. The fourth-order valence-electron chi connectivity index (χ4n) is 4.01. The van der Waals surface area contributed by atoms with E-state index >= 15 is 0 Å². The van der Waals surface area contributed by atoms with Gasteiger partial charge in [-0.1, -0.05) is 54.6 Å². The van der Waals surface area contributed by atoms with Gasteiger partial charge in [-0.05, 0) is 5.56 Å². The highest BCUT2D eigenvalue weighted by Crippen LogP contribution is 2.47. The highest BCUT2D eigenvalue weighted by molar-refractivity contribution is 6.23. The summed E-state index contributed by atoms with van der Waals surface area (Å²) in [6.45, 7) is 0. The van der Waals surface area contributed by atoms with E-state index in [4.69, 9.17) is 0 Å². The zero-order chi connectivity index (χ0) is 18.7. The third kappa shape index (κ3) is 2.04. The Hall–Kier alpha value is -3.67. The molecule has 0 radical (unpaired) electrons. The van der Waals surface area contributed by atoms with Crippen molar-refractivity contribution in [2.24, 2.45) is 7.05 Å². The van der Waals surface area contributed by atoms with E-state index in [-0.39, 0.29) is 5.78 Å². The number of ketones is 1. The Bertz CT molecular complexity index is 1270. The number of carbonyl (C=O) groups excluding carboxylic acids is 1. The molecule has 0 saturated carbocycles. The molecular weight excluding hydrogens is 342 g/mol. The average Bonchev–Trinajstić information content (AvgIpc) is 2.98. The molecule has 2 N–H and O–H groups in total. The fraction of sp³-hybridized carbons (Fsp3) is 0.0952. The minimum Gasteiger partial charge on any atom is -0.340 e. The molecule has 2 aromatic carbocycles. The van der Waals surface area contributed by atoms with Crippen LogP contribution in [0.3, 0.4) is 0 Å². The minimum absolute atomic E-state index is 0.0964. The van der Waals surface area contributed by atoms with Gasteiger partial charge in [0.2, 0.25) is 0 Å².